The van der Waals surface area contributed by atoms with Gasteiger partial charge in [0.2, 0.25) is 6.41 Å². The molecule has 4 rings (SSSR count). The molecule has 0 aliphatic rings. The molecule has 274 valence electrons. The number of nitrogens with zero attached hydrogens (tertiary/aromatic N) is 1. The van der Waals surface area contributed by atoms with Crippen molar-refractivity contribution in [3.8, 4) is 0 Å². The van der Waals surface area contributed by atoms with Gasteiger partial charge in [-0.3, -0.25) is 18.7 Å². The molecular weight excluding hydrogens is 661 g/mol. The van der Waals surface area contributed by atoms with E-state index in [2.05, 4.69) is 40.3 Å². The lowest BCUT2D eigenvalue weighted by molar-refractivity contribution is -0.110. The van der Waals surface area contributed by atoms with E-state index in [0.717, 1.165) is 16.8 Å². The van der Waals surface area contributed by atoms with E-state index in [1.54, 1.807) is 31.5 Å². The molecule has 0 aliphatic carbocycles. The highest BCUT2D eigenvalue weighted by molar-refractivity contribution is 7.85. The molecule has 0 spiro atoms. The zero-order chi connectivity index (χ0) is 38.0. The molecule has 0 fully saturated rings. The van der Waals surface area contributed by atoms with Crippen molar-refractivity contribution < 1.29 is 18.6 Å². The number of anilines is 2. The Morgan fingerprint density at radius 3 is 1.88 bits per heavy atom. The van der Waals surface area contributed by atoms with Crippen LogP contribution < -0.4 is 31.3 Å². The van der Waals surface area contributed by atoms with Crippen molar-refractivity contribution in [2.24, 2.45) is 0 Å². The Balaban J connectivity index is 0.000000382. The van der Waals surface area contributed by atoms with Crippen LogP contribution in [0, 0.1) is 6.92 Å². The zero-order valence-corrected chi connectivity index (χ0v) is 31.8. The van der Waals surface area contributed by atoms with E-state index in [1.165, 1.54) is 9.87 Å². The molecule has 0 radical (unpaired) electrons. The molecule has 0 aromatic heterocycles. The van der Waals surface area contributed by atoms with Crippen LogP contribution >= 0.6 is 0 Å². The summed E-state index contributed by atoms with van der Waals surface area (Å²) < 4.78 is 13.5. The molecule has 0 heterocycles. The minimum absolute atomic E-state index is 0.0445. The summed E-state index contributed by atoms with van der Waals surface area (Å²) in [5, 5.41) is 11.8. The first-order valence-corrected chi connectivity index (χ1v) is 18.3. The number of nitrogens with two attached hydrogens (primary N) is 1. The van der Waals surface area contributed by atoms with Gasteiger partial charge in [0.1, 0.15) is 11.0 Å². The van der Waals surface area contributed by atoms with E-state index in [0.29, 0.717) is 42.4 Å². The predicted molar refractivity (Wildman–Crippen MR) is 211 cm³/mol. The molecule has 2 atom stereocenters. The van der Waals surface area contributed by atoms with E-state index in [-0.39, 0.29) is 17.9 Å². The van der Waals surface area contributed by atoms with Crippen molar-refractivity contribution in [1.29, 1.82) is 0 Å². The summed E-state index contributed by atoms with van der Waals surface area (Å²) in [5.74, 6) is -0.601. The lowest BCUT2D eigenvalue weighted by Crippen LogP contribution is -2.41. The minimum atomic E-state index is -1.31. The molecular formula is C40H54N6O4S. The van der Waals surface area contributed by atoms with Crippen LogP contribution in [-0.4, -0.2) is 54.9 Å². The van der Waals surface area contributed by atoms with E-state index in [4.69, 9.17) is 5.73 Å². The van der Waals surface area contributed by atoms with Gasteiger partial charge in [0, 0.05) is 49.2 Å². The number of benzene rings is 4. The second-order valence-electron chi connectivity index (χ2n) is 12.8. The molecule has 1 unspecified atom stereocenters. The fraction of sp³-hybridized carbons (Fsp3) is 0.325. The molecule has 3 amide bonds. The predicted octanol–water partition coefficient (Wildman–Crippen LogP) is 5.88. The Hall–Kier alpha value is -5.00. The largest absolute Gasteiger partial charge is 0.399 e. The lowest BCUT2D eigenvalue weighted by Gasteiger charge is -2.27. The van der Waals surface area contributed by atoms with Crippen molar-refractivity contribution in [1.82, 2.24) is 21.3 Å². The van der Waals surface area contributed by atoms with Crippen LogP contribution in [0.25, 0.3) is 0 Å². The molecule has 0 saturated carbocycles. The number of carbonyl (C=O) groups is 3. The number of rotatable bonds is 13. The van der Waals surface area contributed by atoms with Crippen LogP contribution in [0.5, 0.6) is 0 Å². The monoisotopic (exact) mass is 714 g/mol. The maximum atomic E-state index is 13.1. The topological polar surface area (TPSA) is 146 Å². The minimum Gasteiger partial charge on any atom is -0.399 e. The van der Waals surface area contributed by atoms with Gasteiger partial charge in [-0.25, -0.2) is 4.21 Å². The second-order valence-corrected chi connectivity index (χ2v) is 14.2. The number of carbonyl (C=O) groups excluding carboxylic acids is 3. The molecule has 4 aromatic rings. The van der Waals surface area contributed by atoms with Gasteiger partial charge in [-0.15, -0.1) is 0 Å². The fourth-order valence-corrected chi connectivity index (χ4v) is 5.05. The maximum absolute atomic E-state index is 13.1. The summed E-state index contributed by atoms with van der Waals surface area (Å²) in [6.07, 6.45) is 2.24. The lowest BCUT2D eigenvalue weighted by atomic mass is 9.93. The third kappa shape index (κ3) is 15.2. The average molecular weight is 715 g/mol. The normalized spacial score (nSPS) is 11.8. The van der Waals surface area contributed by atoms with Crippen molar-refractivity contribution in [3.63, 3.8) is 0 Å². The first kappa shape index (κ1) is 42.2. The first-order chi connectivity index (χ1) is 24.1. The van der Waals surface area contributed by atoms with E-state index in [1.807, 2.05) is 107 Å². The van der Waals surface area contributed by atoms with Crippen LogP contribution in [0.15, 0.2) is 103 Å². The van der Waals surface area contributed by atoms with Gasteiger partial charge in [0.25, 0.3) is 11.8 Å². The van der Waals surface area contributed by atoms with Crippen LogP contribution in [-0.2, 0) is 21.3 Å². The highest BCUT2D eigenvalue weighted by atomic mass is 32.2. The number of hydrogen-bond donors (Lipinski definition) is 5. The van der Waals surface area contributed by atoms with Crippen LogP contribution in [0.3, 0.4) is 0 Å². The number of nitrogen functional groups attached to an aromatic ring is 1. The van der Waals surface area contributed by atoms with Gasteiger partial charge in [0.15, 0.2) is 0 Å². The van der Waals surface area contributed by atoms with Gasteiger partial charge in [-0.2, -0.15) is 0 Å². The fourth-order valence-electron chi connectivity index (χ4n) is 4.64. The summed E-state index contributed by atoms with van der Waals surface area (Å²) in [4.78, 5) is 36.0. The van der Waals surface area contributed by atoms with Gasteiger partial charge in [-0.1, -0.05) is 92.2 Å². The van der Waals surface area contributed by atoms with Gasteiger partial charge >= 0.3 is 0 Å². The third-order valence-electron chi connectivity index (χ3n) is 7.77. The first-order valence-electron chi connectivity index (χ1n) is 16.8. The Bertz CT molecular complexity index is 1680. The van der Waals surface area contributed by atoms with Crippen molar-refractivity contribution in [2.75, 3.05) is 36.4 Å². The van der Waals surface area contributed by atoms with Crippen LogP contribution in [0.2, 0.25) is 0 Å². The molecule has 6 N–H and O–H groups in total. The van der Waals surface area contributed by atoms with Crippen molar-refractivity contribution in [2.45, 2.75) is 59.2 Å². The number of aryl methyl sites for hydroxylation is 1. The SMILES string of the molecule is CC(C)NCCNC(=O)c1cc(C(=O)NC(C)(C)c2ccccc2)cc(N(C)S(C)=O)c1.C[C@@H](NC=O)c1ccc(N)cc1.Cc1ccccc1. The number of amides is 3. The Morgan fingerprint density at radius 2 is 1.39 bits per heavy atom. The second kappa shape index (κ2) is 21.3. The highest BCUT2D eigenvalue weighted by Gasteiger charge is 2.24. The molecule has 11 heteroatoms. The van der Waals surface area contributed by atoms with E-state index in [9.17, 15) is 18.6 Å². The van der Waals surface area contributed by atoms with Crippen molar-refractivity contribution in [3.05, 3.63) is 131 Å². The van der Waals surface area contributed by atoms with Crippen molar-refractivity contribution >= 4 is 40.6 Å². The smallest absolute Gasteiger partial charge is 0.252 e. The number of nitrogens with one attached hydrogen (secondary N) is 4. The molecule has 0 bridgehead atoms. The Labute approximate surface area is 306 Å². The maximum Gasteiger partial charge on any atom is 0.252 e. The van der Waals surface area contributed by atoms with Crippen LogP contribution in [0.4, 0.5) is 11.4 Å². The molecule has 4 aromatic carbocycles. The van der Waals surface area contributed by atoms with Gasteiger partial charge in [-0.05, 0) is 69.2 Å². The van der Waals surface area contributed by atoms with Crippen LogP contribution in [0.1, 0.15) is 78.1 Å². The zero-order valence-electron chi connectivity index (χ0n) is 31.0. The Morgan fingerprint density at radius 1 is 0.843 bits per heavy atom. The quantitative estimate of drug-likeness (QED) is 0.0665. The summed E-state index contributed by atoms with van der Waals surface area (Å²) in [7, 11) is 0.357. The van der Waals surface area contributed by atoms with Gasteiger partial charge in [0.05, 0.1) is 17.3 Å². The Kier molecular flexibility index (Phi) is 17.6. The van der Waals surface area contributed by atoms with E-state index < -0.39 is 16.5 Å². The summed E-state index contributed by atoms with van der Waals surface area (Å²) in [6, 6.07) is 32.6. The summed E-state index contributed by atoms with van der Waals surface area (Å²) in [5.41, 5.74) is 10.2. The summed E-state index contributed by atoms with van der Waals surface area (Å²) in [6.45, 7) is 13.0. The average Bonchev–Trinajstić information content (AvgIpc) is 3.11. The molecule has 51 heavy (non-hydrogen) atoms. The molecule has 10 nitrogen and oxygen atoms in total. The number of hydrogen-bond acceptors (Lipinski definition) is 6. The summed E-state index contributed by atoms with van der Waals surface area (Å²) >= 11 is 0. The molecule has 0 saturated heterocycles. The highest BCUT2D eigenvalue weighted by Crippen LogP contribution is 2.23. The van der Waals surface area contributed by atoms with E-state index >= 15 is 0 Å². The van der Waals surface area contributed by atoms with Gasteiger partial charge < -0.3 is 27.0 Å². The molecule has 0 aliphatic heterocycles. The third-order valence-corrected chi connectivity index (χ3v) is 8.75. The standard InChI is InChI=1S/C24H34N4O3S.C9H12N2O.C7H8/c1-17(2)25-12-13-26-22(29)18-14-19(16-21(15-18)28(5)32(6)31)23(30)27-24(3,4)20-10-8-7-9-11-20;1-7(11-6-12)8-2-4-9(10)5-3-8;1-7-5-3-2-4-6-7/h7-11,14-17,25H,12-13H2,1-6H3,(H,26,29)(H,27,30);2-7H,10H2,1H3,(H,11,12);2-6H,1H3/t;7-;/m.1./s1.